The van der Waals surface area contributed by atoms with Crippen molar-refractivity contribution in [3.63, 3.8) is 0 Å². The molecule has 0 bridgehead atoms. The predicted molar refractivity (Wildman–Crippen MR) is 61.0 cm³/mol. The summed E-state index contributed by atoms with van der Waals surface area (Å²) < 4.78 is 11.1. The van der Waals surface area contributed by atoms with E-state index in [4.69, 9.17) is 9.47 Å². The van der Waals surface area contributed by atoms with E-state index in [1.165, 1.54) is 12.8 Å². The number of ether oxygens (including phenoxy) is 2. The summed E-state index contributed by atoms with van der Waals surface area (Å²) in [5, 5.41) is 10.7. The zero-order chi connectivity index (χ0) is 11.6. The van der Waals surface area contributed by atoms with Crippen LogP contribution in [0.4, 0.5) is 0 Å². The van der Waals surface area contributed by atoms with E-state index < -0.39 is 11.5 Å². The van der Waals surface area contributed by atoms with Crippen LogP contribution in [-0.2, 0) is 9.47 Å². The van der Waals surface area contributed by atoms with E-state index in [-0.39, 0.29) is 0 Å². The van der Waals surface area contributed by atoms with Crippen molar-refractivity contribution in [2.75, 3.05) is 27.3 Å². The molecule has 16 heavy (non-hydrogen) atoms. The van der Waals surface area contributed by atoms with Gasteiger partial charge in [-0.05, 0) is 32.1 Å². The monoisotopic (exact) mass is 229 g/mol. The van der Waals surface area contributed by atoms with Gasteiger partial charge in [-0.15, -0.1) is 0 Å². The number of hydrogen-bond acceptors (Lipinski definition) is 4. The molecule has 0 radical (unpaired) electrons. The molecule has 4 nitrogen and oxygen atoms in total. The van der Waals surface area contributed by atoms with Crippen LogP contribution in [0.25, 0.3) is 0 Å². The second kappa shape index (κ2) is 4.61. The Kier molecular flexibility index (Phi) is 3.54. The molecule has 1 heterocycles. The second-order valence-electron chi connectivity index (χ2n) is 4.88. The number of methoxy groups -OCH3 is 2. The van der Waals surface area contributed by atoms with E-state index in [2.05, 4.69) is 4.90 Å². The highest BCUT2D eigenvalue weighted by molar-refractivity contribution is 4.99. The number of hydrogen-bond donors (Lipinski definition) is 1. The fourth-order valence-electron chi connectivity index (χ4n) is 3.26. The van der Waals surface area contributed by atoms with Crippen molar-refractivity contribution in [2.45, 2.75) is 50.0 Å². The van der Waals surface area contributed by atoms with Gasteiger partial charge in [0, 0.05) is 33.7 Å². The standard InChI is InChI=1S/C12H23NO3/c1-15-11(13-9-5-6-10-13)7-3-4-8-12(11,14)16-2/h14H,3-10H2,1-2H3. The van der Waals surface area contributed by atoms with Crippen molar-refractivity contribution in [2.24, 2.45) is 0 Å². The Morgan fingerprint density at radius 1 is 0.938 bits per heavy atom. The van der Waals surface area contributed by atoms with Crippen LogP contribution in [0.1, 0.15) is 38.5 Å². The highest BCUT2D eigenvalue weighted by atomic mass is 16.7. The van der Waals surface area contributed by atoms with Crippen molar-refractivity contribution in [1.29, 1.82) is 0 Å². The maximum absolute atomic E-state index is 10.7. The Morgan fingerprint density at radius 2 is 1.56 bits per heavy atom. The average molecular weight is 229 g/mol. The van der Waals surface area contributed by atoms with Crippen LogP contribution >= 0.6 is 0 Å². The van der Waals surface area contributed by atoms with Crippen molar-refractivity contribution in [1.82, 2.24) is 4.90 Å². The maximum atomic E-state index is 10.7. The van der Waals surface area contributed by atoms with Gasteiger partial charge in [0.1, 0.15) is 0 Å². The van der Waals surface area contributed by atoms with Crippen molar-refractivity contribution in [3.05, 3.63) is 0 Å². The molecular weight excluding hydrogens is 206 g/mol. The molecule has 2 unspecified atom stereocenters. The summed E-state index contributed by atoms with van der Waals surface area (Å²) in [5.74, 6) is -1.15. The molecule has 1 N–H and O–H groups in total. The van der Waals surface area contributed by atoms with Gasteiger partial charge >= 0.3 is 0 Å². The molecule has 1 saturated heterocycles. The number of likely N-dealkylation sites (tertiary alicyclic amines) is 1. The minimum atomic E-state index is -1.15. The lowest BCUT2D eigenvalue weighted by atomic mass is 9.84. The smallest absolute Gasteiger partial charge is 0.209 e. The topological polar surface area (TPSA) is 41.9 Å². The van der Waals surface area contributed by atoms with Crippen LogP contribution in [0.2, 0.25) is 0 Å². The number of aliphatic hydroxyl groups is 1. The zero-order valence-electron chi connectivity index (χ0n) is 10.4. The molecule has 1 aliphatic carbocycles. The summed E-state index contributed by atoms with van der Waals surface area (Å²) in [5.41, 5.74) is -0.628. The highest BCUT2D eigenvalue weighted by Crippen LogP contribution is 2.43. The van der Waals surface area contributed by atoms with Gasteiger partial charge in [-0.3, -0.25) is 4.90 Å². The molecule has 1 saturated carbocycles. The van der Waals surface area contributed by atoms with Crippen molar-refractivity contribution in [3.8, 4) is 0 Å². The maximum Gasteiger partial charge on any atom is 0.209 e. The van der Waals surface area contributed by atoms with Crippen molar-refractivity contribution >= 4 is 0 Å². The van der Waals surface area contributed by atoms with Crippen molar-refractivity contribution < 1.29 is 14.6 Å². The first-order valence-electron chi connectivity index (χ1n) is 6.26. The van der Waals surface area contributed by atoms with Crippen LogP contribution in [0.15, 0.2) is 0 Å². The molecule has 94 valence electrons. The third-order valence-corrected chi connectivity index (χ3v) is 4.18. The Balaban J connectivity index is 2.27. The van der Waals surface area contributed by atoms with E-state index in [1.54, 1.807) is 14.2 Å². The number of rotatable bonds is 3. The Bertz CT molecular complexity index is 242. The molecule has 0 spiro atoms. The van der Waals surface area contributed by atoms with Crippen LogP contribution in [-0.4, -0.2) is 48.8 Å². The largest absolute Gasteiger partial charge is 0.362 e. The summed E-state index contributed by atoms with van der Waals surface area (Å²) in [7, 11) is 3.27. The van der Waals surface area contributed by atoms with Gasteiger partial charge in [0.05, 0.1) is 0 Å². The fourth-order valence-corrected chi connectivity index (χ4v) is 3.26. The van der Waals surface area contributed by atoms with E-state index >= 15 is 0 Å². The van der Waals surface area contributed by atoms with Gasteiger partial charge in [0.25, 0.3) is 0 Å². The lowest BCUT2D eigenvalue weighted by molar-refractivity contribution is -0.355. The fraction of sp³-hybridized carbons (Fsp3) is 1.00. The predicted octanol–water partition coefficient (Wildman–Crippen LogP) is 1.33. The minimum absolute atomic E-state index is 0.628. The third kappa shape index (κ3) is 1.68. The van der Waals surface area contributed by atoms with E-state index in [0.717, 1.165) is 32.4 Å². The molecular formula is C12H23NO3. The first-order valence-corrected chi connectivity index (χ1v) is 6.26. The Labute approximate surface area is 97.5 Å². The molecule has 0 aromatic carbocycles. The highest BCUT2D eigenvalue weighted by Gasteiger charge is 2.57. The first-order chi connectivity index (χ1) is 7.68. The third-order valence-electron chi connectivity index (χ3n) is 4.18. The van der Waals surface area contributed by atoms with E-state index in [9.17, 15) is 5.11 Å². The molecule has 0 amide bonds. The zero-order valence-corrected chi connectivity index (χ0v) is 10.4. The molecule has 0 aromatic rings. The Morgan fingerprint density at radius 3 is 2.12 bits per heavy atom. The molecule has 2 fully saturated rings. The lowest BCUT2D eigenvalue weighted by Crippen LogP contribution is -2.67. The van der Waals surface area contributed by atoms with Gasteiger partial charge in [-0.2, -0.15) is 0 Å². The molecule has 2 aliphatic rings. The van der Waals surface area contributed by atoms with Crippen LogP contribution in [0.3, 0.4) is 0 Å². The Hall–Kier alpha value is -0.160. The minimum Gasteiger partial charge on any atom is -0.362 e. The molecule has 4 heteroatoms. The first kappa shape index (κ1) is 12.3. The van der Waals surface area contributed by atoms with Gasteiger partial charge in [-0.25, -0.2) is 0 Å². The molecule has 0 aromatic heterocycles. The molecule has 2 rings (SSSR count). The van der Waals surface area contributed by atoms with E-state index in [0.29, 0.717) is 6.42 Å². The average Bonchev–Trinajstić information content (AvgIpc) is 2.84. The van der Waals surface area contributed by atoms with Crippen LogP contribution in [0.5, 0.6) is 0 Å². The molecule has 1 aliphatic heterocycles. The second-order valence-corrected chi connectivity index (χ2v) is 4.88. The summed E-state index contributed by atoms with van der Waals surface area (Å²) in [6.45, 7) is 2.00. The number of nitrogens with zero attached hydrogens (tertiary/aromatic N) is 1. The summed E-state index contributed by atoms with van der Waals surface area (Å²) in [4.78, 5) is 2.26. The van der Waals surface area contributed by atoms with Crippen LogP contribution in [0, 0.1) is 0 Å². The van der Waals surface area contributed by atoms with Gasteiger partial charge in [-0.1, -0.05) is 0 Å². The van der Waals surface area contributed by atoms with Crippen LogP contribution < -0.4 is 0 Å². The molecule has 2 atom stereocenters. The van der Waals surface area contributed by atoms with Gasteiger partial charge < -0.3 is 14.6 Å². The van der Waals surface area contributed by atoms with E-state index in [1.807, 2.05) is 0 Å². The van der Waals surface area contributed by atoms with Gasteiger partial charge in [0.15, 0.2) is 5.72 Å². The quantitative estimate of drug-likeness (QED) is 0.741. The summed E-state index contributed by atoms with van der Waals surface area (Å²) >= 11 is 0. The SMILES string of the molecule is COC1(O)CCCCC1(OC)N1CCCC1. The summed E-state index contributed by atoms with van der Waals surface area (Å²) in [6.07, 6.45) is 5.98. The van der Waals surface area contributed by atoms with Gasteiger partial charge in [0.2, 0.25) is 5.79 Å². The normalized spacial score (nSPS) is 41.4. The summed E-state index contributed by atoms with van der Waals surface area (Å²) in [6, 6.07) is 0. The lowest BCUT2D eigenvalue weighted by Gasteiger charge is -2.52.